The van der Waals surface area contributed by atoms with Crippen LogP contribution in [0.3, 0.4) is 0 Å². The van der Waals surface area contributed by atoms with Gasteiger partial charge >= 0.3 is 12.2 Å². The highest BCUT2D eigenvalue weighted by Crippen LogP contribution is 2.46. The van der Waals surface area contributed by atoms with Crippen molar-refractivity contribution in [2.75, 3.05) is 43.4 Å². The largest absolute Gasteiger partial charge is 0.461 e. The van der Waals surface area contributed by atoms with Crippen LogP contribution in [0, 0.1) is 11.7 Å². The number of alkyl halides is 3. The van der Waals surface area contributed by atoms with Gasteiger partial charge in [-0.3, -0.25) is 4.90 Å². The van der Waals surface area contributed by atoms with Gasteiger partial charge in [0.1, 0.15) is 29.3 Å². The van der Waals surface area contributed by atoms with Gasteiger partial charge in [0.2, 0.25) is 0 Å². The number of hydrogen-bond donors (Lipinski definition) is 2. The van der Waals surface area contributed by atoms with E-state index in [1.165, 1.54) is 6.07 Å². The lowest BCUT2D eigenvalue weighted by Gasteiger charge is -2.35. The molecule has 0 amide bonds. The molecular formula is C29H31Cl2F4N7O. The van der Waals surface area contributed by atoms with Crippen molar-refractivity contribution in [3.63, 3.8) is 0 Å². The maximum absolute atomic E-state index is 16.6. The zero-order chi connectivity index (χ0) is 30.3. The number of nitrogens with one attached hydrogen (secondary N) is 1. The van der Waals surface area contributed by atoms with Crippen molar-refractivity contribution in [1.29, 1.82) is 0 Å². The molecule has 3 N–H and O–H groups in total. The van der Waals surface area contributed by atoms with Crippen LogP contribution < -0.4 is 20.7 Å². The number of hydrogen-bond acceptors (Lipinski definition) is 8. The second-order valence-corrected chi connectivity index (χ2v) is 13.3. The maximum atomic E-state index is 16.6. The lowest BCUT2D eigenvalue weighted by atomic mass is 9.92. The van der Waals surface area contributed by atoms with Crippen molar-refractivity contribution in [3.05, 3.63) is 33.6 Å². The summed E-state index contributed by atoms with van der Waals surface area (Å²) in [6, 6.07) is 2.73. The molecule has 4 aliphatic rings. The SMILES string of the molecule is C[C@H]1CN2CCC[C@@]2(COc2nc(N3CC4CCC(C3)N4)c3cc(Cl)c(-c4nc(N)cc(Cl)c4C(F)(F)F)c(F)c3n2)C1. The van der Waals surface area contributed by atoms with E-state index in [-0.39, 0.29) is 45.4 Å². The Balaban J connectivity index is 1.38. The Morgan fingerprint density at radius 2 is 1.84 bits per heavy atom. The Bertz CT molecular complexity index is 1600. The number of nitrogen functional groups attached to an aromatic ring is 1. The van der Waals surface area contributed by atoms with Crippen LogP contribution in [0.5, 0.6) is 6.01 Å². The molecule has 2 bridgehead atoms. The lowest BCUT2D eigenvalue weighted by Crippen LogP contribution is -2.51. The third-order valence-electron chi connectivity index (χ3n) is 9.34. The van der Waals surface area contributed by atoms with E-state index in [0.717, 1.165) is 51.3 Å². The van der Waals surface area contributed by atoms with Gasteiger partial charge in [-0.2, -0.15) is 23.1 Å². The van der Waals surface area contributed by atoms with Gasteiger partial charge in [0.05, 0.1) is 26.8 Å². The van der Waals surface area contributed by atoms with E-state index in [1.54, 1.807) is 0 Å². The zero-order valence-electron chi connectivity index (χ0n) is 23.4. The first-order valence-electron chi connectivity index (χ1n) is 14.5. The van der Waals surface area contributed by atoms with E-state index < -0.39 is 33.8 Å². The minimum absolute atomic E-state index is 0.0315. The van der Waals surface area contributed by atoms with Gasteiger partial charge in [-0.05, 0) is 56.7 Å². The molecule has 0 saturated carbocycles. The maximum Gasteiger partial charge on any atom is 0.419 e. The normalized spacial score (nSPS) is 27.3. The summed E-state index contributed by atoms with van der Waals surface area (Å²) < 4.78 is 65.3. The molecule has 4 fully saturated rings. The quantitative estimate of drug-likeness (QED) is 0.332. The van der Waals surface area contributed by atoms with E-state index in [0.29, 0.717) is 31.4 Å². The summed E-state index contributed by atoms with van der Waals surface area (Å²) in [6.07, 6.45) is 0.0852. The van der Waals surface area contributed by atoms with Crippen LogP contribution in [0.2, 0.25) is 10.0 Å². The average molecular weight is 641 g/mol. The highest BCUT2D eigenvalue weighted by atomic mass is 35.5. The van der Waals surface area contributed by atoms with Gasteiger partial charge in [0.15, 0.2) is 5.82 Å². The molecule has 1 aromatic carbocycles. The fourth-order valence-corrected chi connectivity index (χ4v) is 8.25. The van der Waals surface area contributed by atoms with Crippen molar-refractivity contribution < 1.29 is 22.3 Å². The number of halogens is 6. The molecule has 3 aromatic rings. The molecule has 8 nitrogen and oxygen atoms in total. The summed E-state index contributed by atoms with van der Waals surface area (Å²) in [5.74, 6) is -0.431. The number of aromatic nitrogens is 3. The van der Waals surface area contributed by atoms with Gasteiger partial charge in [-0.15, -0.1) is 0 Å². The molecule has 230 valence electrons. The predicted octanol–water partition coefficient (Wildman–Crippen LogP) is 5.93. The summed E-state index contributed by atoms with van der Waals surface area (Å²) in [7, 11) is 0. The minimum Gasteiger partial charge on any atom is -0.461 e. The van der Waals surface area contributed by atoms with Crippen LogP contribution in [0.15, 0.2) is 12.1 Å². The first kappa shape index (κ1) is 29.1. The van der Waals surface area contributed by atoms with Gasteiger partial charge in [0, 0.05) is 37.1 Å². The van der Waals surface area contributed by atoms with Gasteiger partial charge in [0.25, 0.3) is 0 Å². The molecule has 43 heavy (non-hydrogen) atoms. The first-order chi connectivity index (χ1) is 20.4. The van der Waals surface area contributed by atoms with Gasteiger partial charge in [-0.25, -0.2) is 9.37 Å². The van der Waals surface area contributed by atoms with Crippen LogP contribution in [-0.2, 0) is 6.18 Å². The van der Waals surface area contributed by atoms with Crippen molar-refractivity contribution in [3.8, 4) is 17.3 Å². The number of anilines is 2. The Morgan fingerprint density at radius 1 is 1.09 bits per heavy atom. The molecule has 4 aliphatic heterocycles. The fraction of sp³-hybridized carbons (Fsp3) is 0.552. The molecule has 0 radical (unpaired) electrons. The van der Waals surface area contributed by atoms with E-state index in [1.807, 2.05) is 0 Å². The minimum atomic E-state index is -4.95. The van der Waals surface area contributed by atoms with Crippen molar-refractivity contribution in [2.24, 2.45) is 5.92 Å². The highest BCUT2D eigenvalue weighted by molar-refractivity contribution is 6.35. The average Bonchev–Trinajstić information content (AvgIpc) is 3.56. The third kappa shape index (κ3) is 5.04. The second-order valence-electron chi connectivity index (χ2n) is 12.4. The van der Waals surface area contributed by atoms with E-state index in [4.69, 9.17) is 38.7 Å². The second kappa shape index (κ2) is 10.5. The number of rotatable bonds is 5. The van der Waals surface area contributed by atoms with Crippen molar-refractivity contribution in [2.45, 2.75) is 62.8 Å². The monoisotopic (exact) mass is 639 g/mol. The van der Waals surface area contributed by atoms with Crippen LogP contribution in [0.4, 0.5) is 29.2 Å². The fourth-order valence-electron chi connectivity index (χ4n) is 7.66. The molecule has 7 rings (SSSR count). The van der Waals surface area contributed by atoms with Crippen molar-refractivity contribution >= 4 is 45.7 Å². The number of fused-ring (bicyclic) bond motifs is 4. The molecule has 4 saturated heterocycles. The molecule has 14 heteroatoms. The standard InChI is InChI=1S/C29H31Cl2F4N7O/c1-14-9-28(5-2-6-42(28)10-14)13-43-27-39-24-17(26(40-27)41-11-15-3-4-16(12-41)37-15)7-18(30)21(23(24)32)25-22(29(33,34)35)19(31)8-20(36)38-25/h7-8,14-16,37H,2-6,9-13H2,1H3,(H2,36,38)/t14-,15?,16?,28+/m1/s1. The predicted molar refractivity (Wildman–Crippen MR) is 157 cm³/mol. The van der Waals surface area contributed by atoms with Crippen LogP contribution >= 0.6 is 23.2 Å². The molecule has 2 aromatic heterocycles. The van der Waals surface area contributed by atoms with Gasteiger partial charge in [-0.1, -0.05) is 30.1 Å². The van der Waals surface area contributed by atoms with Crippen LogP contribution in [0.1, 0.15) is 44.6 Å². The van der Waals surface area contributed by atoms with E-state index in [2.05, 4.69) is 32.0 Å². The Morgan fingerprint density at radius 3 is 2.56 bits per heavy atom. The molecular weight excluding hydrogens is 609 g/mol. The lowest BCUT2D eigenvalue weighted by molar-refractivity contribution is -0.137. The van der Waals surface area contributed by atoms with Crippen LogP contribution in [-0.4, -0.2) is 70.3 Å². The molecule has 0 spiro atoms. The Kier molecular flexibility index (Phi) is 7.07. The topological polar surface area (TPSA) is 92.4 Å². The summed E-state index contributed by atoms with van der Waals surface area (Å²) in [5, 5.41) is 2.85. The number of ether oxygens (including phenoxy) is 1. The Labute approximate surface area is 255 Å². The number of nitrogens with zero attached hydrogens (tertiary/aromatic N) is 5. The van der Waals surface area contributed by atoms with E-state index >= 15 is 4.39 Å². The number of pyridine rings is 1. The number of piperazine rings is 1. The molecule has 2 unspecified atom stereocenters. The summed E-state index contributed by atoms with van der Waals surface area (Å²) in [5.41, 5.74) is 2.69. The van der Waals surface area contributed by atoms with Gasteiger partial charge < -0.3 is 20.7 Å². The summed E-state index contributed by atoms with van der Waals surface area (Å²) in [6.45, 7) is 5.79. The first-order valence-corrected chi connectivity index (χ1v) is 15.3. The summed E-state index contributed by atoms with van der Waals surface area (Å²) in [4.78, 5) is 17.5. The smallest absolute Gasteiger partial charge is 0.419 e. The van der Waals surface area contributed by atoms with E-state index in [9.17, 15) is 13.2 Å². The Hall–Kier alpha value is -2.67. The van der Waals surface area contributed by atoms with Crippen LogP contribution in [0.25, 0.3) is 22.2 Å². The zero-order valence-corrected chi connectivity index (χ0v) is 25.0. The highest BCUT2D eigenvalue weighted by Gasteiger charge is 2.48. The van der Waals surface area contributed by atoms with Crippen molar-refractivity contribution in [1.82, 2.24) is 25.2 Å². The molecule has 0 aliphatic carbocycles. The number of nitrogens with two attached hydrogens (primary N) is 1. The number of benzene rings is 1. The molecule has 4 atom stereocenters. The molecule has 6 heterocycles. The summed E-state index contributed by atoms with van der Waals surface area (Å²) >= 11 is 12.5. The third-order valence-corrected chi connectivity index (χ3v) is 9.94.